The molecule has 1 aromatic carbocycles. The van der Waals surface area contributed by atoms with E-state index in [9.17, 15) is 0 Å². The van der Waals surface area contributed by atoms with Crippen LogP contribution in [0.2, 0.25) is 0 Å². The van der Waals surface area contributed by atoms with Crippen LogP contribution >= 0.6 is 0 Å². The van der Waals surface area contributed by atoms with E-state index in [0.717, 1.165) is 45.3 Å². The van der Waals surface area contributed by atoms with Crippen molar-refractivity contribution in [2.45, 2.75) is 26.5 Å². The van der Waals surface area contributed by atoms with Gasteiger partial charge in [0.2, 0.25) is 0 Å². The Kier molecular flexibility index (Phi) is 7.36. The molecule has 1 saturated heterocycles. The first-order valence-corrected chi connectivity index (χ1v) is 8.38. The highest BCUT2D eigenvalue weighted by molar-refractivity contribution is 5.79. The number of ether oxygens (including phenoxy) is 2. The van der Waals surface area contributed by atoms with Gasteiger partial charge in [-0.15, -0.1) is 0 Å². The van der Waals surface area contributed by atoms with Crippen LogP contribution in [0.3, 0.4) is 0 Å². The summed E-state index contributed by atoms with van der Waals surface area (Å²) < 4.78 is 10.9. The van der Waals surface area contributed by atoms with Gasteiger partial charge in [-0.1, -0.05) is 24.3 Å². The molecular weight excluding hydrogens is 290 g/mol. The second-order valence-corrected chi connectivity index (χ2v) is 5.96. The summed E-state index contributed by atoms with van der Waals surface area (Å²) in [5.41, 5.74) is 2.45. The molecule has 1 unspecified atom stereocenters. The zero-order chi connectivity index (χ0) is 16.5. The Labute approximate surface area is 139 Å². The highest BCUT2D eigenvalue weighted by Gasteiger charge is 2.18. The number of benzene rings is 1. The van der Waals surface area contributed by atoms with Crippen LogP contribution in [0.5, 0.6) is 0 Å². The minimum Gasteiger partial charge on any atom is -0.381 e. The zero-order valence-corrected chi connectivity index (χ0v) is 14.5. The predicted octanol–water partition coefficient (Wildman–Crippen LogP) is 2.27. The smallest absolute Gasteiger partial charge is 0.193 e. The molecule has 1 N–H and O–H groups in total. The third-order valence-corrected chi connectivity index (χ3v) is 4.08. The van der Waals surface area contributed by atoms with Gasteiger partial charge >= 0.3 is 0 Å². The van der Waals surface area contributed by atoms with Crippen molar-refractivity contribution in [3.05, 3.63) is 35.4 Å². The molecule has 1 aliphatic heterocycles. The van der Waals surface area contributed by atoms with Crippen molar-refractivity contribution in [2.75, 3.05) is 40.5 Å². The van der Waals surface area contributed by atoms with Crippen LogP contribution in [0.1, 0.15) is 24.5 Å². The quantitative estimate of drug-likeness (QED) is 0.618. The topological polar surface area (TPSA) is 46.1 Å². The van der Waals surface area contributed by atoms with Crippen LogP contribution < -0.4 is 5.32 Å². The average molecular weight is 319 g/mol. The molecule has 0 saturated carbocycles. The molecule has 1 atom stereocenters. The van der Waals surface area contributed by atoms with Gasteiger partial charge < -0.3 is 19.7 Å². The van der Waals surface area contributed by atoms with Crippen molar-refractivity contribution in [2.24, 2.45) is 10.9 Å². The van der Waals surface area contributed by atoms with E-state index in [2.05, 4.69) is 46.5 Å². The van der Waals surface area contributed by atoms with Gasteiger partial charge in [-0.3, -0.25) is 4.99 Å². The third kappa shape index (κ3) is 5.84. The lowest BCUT2D eigenvalue weighted by atomic mass is 10.1. The molecule has 0 aliphatic carbocycles. The molecule has 5 nitrogen and oxygen atoms in total. The molecular formula is C18H29N3O2. The van der Waals surface area contributed by atoms with E-state index in [1.807, 2.05) is 14.0 Å². The molecule has 23 heavy (non-hydrogen) atoms. The molecule has 0 amide bonds. The number of aliphatic imine (C=N–C) groups is 1. The van der Waals surface area contributed by atoms with Crippen molar-refractivity contribution in [1.29, 1.82) is 0 Å². The lowest BCUT2D eigenvalue weighted by molar-refractivity contribution is 0.134. The fourth-order valence-corrected chi connectivity index (χ4v) is 2.74. The van der Waals surface area contributed by atoms with Crippen LogP contribution in [0, 0.1) is 5.92 Å². The number of hydrogen-bond acceptors (Lipinski definition) is 3. The van der Waals surface area contributed by atoms with Gasteiger partial charge in [-0.05, 0) is 24.5 Å². The lowest BCUT2D eigenvalue weighted by Gasteiger charge is -2.24. The van der Waals surface area contributed by atoms with Crippen LogP contribution in [0.4, 0.5) is 0 Å². The molecule has 1 aromatic rings. The van der Waals surface area contributed by atoms with E-state index < -0.39 is 0 Å². The fraction of sp³-hybridized carbons (Fsp3) is 0.611. The summed E-state index contributed by atoms with van der Waals surface area (Å²) >= 11 is 0. The van der Waals surface area contributed by atoms with Crippen LogP contribution in [0.15, 0.2) is 29.3 Å². The largest absolute Gasteiger partial charge is 0.381 e. The summed E-state index contributed by atoms with van der Waals surface area (Å²) in [4.78, 5) is 6.56. The molecule has 5 heteroatoms. The van der Waals surface area contributed by atoms with Crippen LogP contribution in [0.25, 0.3) is 0 Å². The molecule has 1 heterocycles. The summed E-state index contributed by atoms with van der Waals surface area (Å²) in [5.74, 6) is 1.53. The third-order valence-electron chi connectivity index (χ3n) is 4.08. The number of nitrogens with one attached hydrogen (secondary N) is 1. The van der Waals surface area contributed by atoms with Crippen molar-refractivity contribution >= 4 is 5.96 Å². The van der Waals surface area contributed by atoms with Crippen LogP contribution in [-0.2, 0) is 22.6 Å². The van der Waals surface area contributed by atoms with Gasteiger partial charge in [0, 0.05) is 46.3 Å². The Balaban J connectivity index is 1.80. The number of guanidine groups is 1. The normalized spacial score (nSPS) is 18.2. The molecule has 0 bridgehead atoms. The minimum atomic E-state index is 0.608. The maximum absolute atomic E-state index is 5.44. The summed E-state index contributed by atoms with van der Waals surface area (Å²) in [6, 6.07) is 8.52. The highest BCUT2D eigenvalue weighted by atomic mass is 16.5. The Bertz CT molecular complexity index is 482. The summed E-state index contributed by atoms with van der Waals surface area (Å²) in [5, 5.41) is 3.43. The van der Waals surface area contributed by atoms with Gasteiger partial charge in [0.05, 0.1) is 13.2 Å². The number of hydrogen-bond donors (Lipinski definition) is 1. The van der Waals surface area contributed by atoms with Gasteiger partial charge in [-0.25, -0.2) is 0 Å². The first-order valence-electron chi connectivity index (χ1n) is 8.38. The predicted molar refractivity (Wildman–Crippen MR) is 93.5 cm³/mol. The Morgan fingerprint density at radius 2 is 2.09 bits per heavy atom. The van der Waals surface area contributed by atoms with Crippen molar-refractivity contribution < 1.29 is 9.47 Å². The highest BCUT2D eigenvalue weighted by Crippen LogP contribution is 2.13. The van der Waals surface area contributed by atoms with Gasteiger partial charge in [0.25, 0.3) is 0 Å². The summed E-state index contributed by atoms with van der Waals surface area (Å²) in [6.07, 6.45) is 1.14. The lowest BCUT2D eigenvalue weighted by Crippen LogP contribution is -2.41. The van der Waals surface area contributed by atoms with E-state index in [1.165, 1.54) is 11.1 Å². The van der Waals surface area contributed by atoms with Gasteiger partial charge in [-0.2, -0.15) is 0 Å². The van der Waals surface area contributed by atoms with Crippen molar-refractivity contribution in [1.82, 2.24) is 10.2 Å². The first kappa shape index (κ1) is 17.8. The first-order chi connectivity index (χ1) is 11.2. The van der Waals surface area contributed by atoms with E-state index in [4.69, 9.17) is 9.47 Å². The van der Waals surface area contributed by atoms with Crippen LogP contribution in [-0.4, -0.2) is 51.3 Å². The Morgan fingerprint density at radius 1 is 1.35 bits per heavy atom. The van der Waals surface area contributed by atoms with E-state index >= 15 is 0 Å². The fourth-order valence-electron chi connectivity index (χ4n) is 2.74. The second kappa shape index (κ2) is 9.53. The van der Waals surface area contributed by atoms with Gasteiger partial charge in [0.15, 0.2) is 5.96 Å². The summed E-state index contributed by atoms with van der Waals surface area (Å²) in [6.45, 7) is 6.94. The van der Waals surface area contributed by atoms with E-state index in [0.29, 0.717) is 12.5 Å². The number of rotatable bonds is 7. The maximum atomic E-state index is 5.44. The minimum absolute atomic E-state index is 0.608. The molecule has 0 radical (unpaired) electrons. The number of nitrogens with zero attached hydrogens (tertiary/aromatic N) is 2. The average Bonchev–Trinajstić information content (AvgIpc) is 3.07. The molecule has 1 aliphatic rings. The SMILES string of the molecule is CCOCc1ccc(CNC(=NC)N(C)CC2CCOC2)cc1. The van der Waals surface area contributed by atoms with E-state index in [1.54, 1.807) is 0 Å². The molecule has 2 rings (SSSR count). The standard InChI is InChI=1S/C18H29N3O2/c1-4-22-13-16-7-5-15(6-8-16)11-20-18(19-2)21(3)12-17-9-10-23-14-17/h5-8,17H,4,9-14H2,1-3H3,(H,19,20). The summed E-state index contributed by atoms with van der Waals surface area (Å²) in [7, 11) is 3.91. The Hall–Kier alpha value is -1.59. The molecule has 0 aromatic heterocycles. The monoisotopic (exact) mass is 319 g/mol. The van der Waals surface area contributed by atoms with Crippen molar-refractivity contribution in [3.8, 4) is 0 Å². The molecule has 0 spiro atoms. The van der Waals surface area contributed by atoms with Gasteiger partial charge in [0.1, 0.15) is 0 Å². The molecule has 128 valence electrons. The maximum Gasteiger partial charge on any atom is 0.193 e. The molecule has 1 fully saturated rings. The van der Waals surface area contributed by atoms with Crippen molar-refractivity contribution in [3.63, 3.8) is 0 Å². The second-order valence-electron chi connectivity index (χ2n) is 5.96. The van der Waals surface area contributed by atoms with E-state index in [-0.39, 0.29) is 0 Å². The zero-order valence-electron chi connectivity index (χ0n) is 14.5. The Morgan fingerprint density at radius 3 is 2.70 bits per heavy atom.